The van der Waals surface area contributed by atoms with Gasteiger partial charge in [-0.3, -0.25) is 0 Å². The van der Waals surface area contributed by atoms with Gasteiger partial charge in [0, 0.05) is 19.3 Å². The van der Waals surface area contributed by atoms with Gasteiger partial charge in [0.1, 0.15) is 0 Å². The second-order valence-electron chi connectivity index (χ2n) is 4.48. The van der Waals surface area contributed by atoms with Gasteiger partial charge in [-0.25, -0.2) is 9.37 Å². The number of rotatable bonds is 1. The lowest BCUT2D eigenvalue weighted by atomic mass is 10.0. The molecular weight excluding hydrogens is 227 g/mol. The Kier molecular flexibility index (Phi) is 3.64. The van der Waals surface area contributed by atoms with E-state index in [1.807, 2.05) is 4.90 Å². The number of anilines is 1. The highest BCUT2D eigenvalue weighted by atomic mass is 35.5. The first kappa shape index (κ1) is 11.6. The topological polar surface area (TPSA) is 16.1 Å². The zero-order chi connectivity index (χ0) is 11.5. The first-order chi connectivity index (χ1) is 7.66. The molecule has 1 aromatic heterocycles. The predicted molar refractivity (Wildman–Crippen MR) is 64.4 cm³/mol. The Hall–Kier alpha value is -0.830. The fourth-order valence-corrected chi connectivity index (χ4v) is 2.26. The van der Waals surface area contributed by atoms with E-state index in [0.717, 1.165) is 31.8 Å². The molecule has 0 amide bonds. The summed E-state index contributed by atoms with van der Waals surface area (Å²) in [6.45, 7) is 4.01. The van der Waals surface area contributed by atoms with E-state index in [4.69, 9.17) is 11.6 Å². The van der Waals surface area contributed by atoms with E-state index < -0.39 is 0 Å². The van der Waals surface area contributed by atoms with Crippen molar-refractivity contribution in [2.24, 2.45) is 5.92 Å². The van der Waals surface area contributed by atoms with Gasteiger partial charge in [0.05, 0.1) is 5.02 Å². The quantitative estimate of drug-likeness (QED) is 0.749. The molecule has 0 aliphatic carbocycles. The maximum atomic E-state index is 13.7. The Balaban J connectivity index is 2.16. The van der Waals surface area contributed by atoms with Crippen LogP contribution in [0.5, 0.6) is 0 Å². The summed E-state index contributed by atoms with van der Waals surface area (Å²) in [7, 11) is 0. The molecule has 0 N–H and O–H groups in total. The third-order valence-corrected chi connectivity index (χ3v) is 3.31. The molecule has 1 aliphatic rings. The van der Waals surface area contributed by atoms with Crippen LogP contribution in [0.4, 0.5) is 10.2 Å². The maximum absolute atomic E-state index is 13.7. The average molecular weight is 243 g/mol. The van der Waals surface area contributed by atoms with Gasteiger partial charge in [-0.05, 0) is 31.2 Å². The van der Waals surface area contributed by atoms with Crippen LogP contribution >= 0.6 is 11.6 Å². The van der Waals surface area contributed by atoms with Gasteiger partial charge in [0.2, 0.25) is 0 Å². The first-order valence-corrected chi connectivity index (χ1v) is 6.10. The molecule has 88 valence electrons. The molecule has 1 unspecified atom stereocenters. The van der Waals surface area contributed by atoms with Gasteiger partial charge in [-0.15, -0.1) is 0 Å². The van der Waals surface area contributed by atoms with Crippen molar-refractivity contribution >= 4 is 17.4 Å². The normalized spacial score (nSPS) is 21.9. The SMILES string of the molecule is CC1CCCN(c2ncc(Cl)cc2F)CC1. The van der Waals surface area contributed by atoms with Crippen LogP contribution < -0.4 is 4.90 Å². The van der Waals surface area contributed by atoms with Gasteiger partial charge in [-0.2, -0.15) is 0 Å². The molecule has 0 bridgehead atoms. The first-order valence-electron chi connectivity index (χ1n) is 5.73. The molecule has 0 spiro atoms. The van der Waals surface area contributed by atoms with Crippen molar-refractivity contribution in [2.75, 3.05) is 18.0 Å². The highest BCUT2D eigenvalue weighted by Crippen LogP contribution is 2.24. The molecule has 1 saturated heterocycles. The molecule has 0 radical (unpaired) electrons. The summed E-state index contributed by atoms with van der Waals surface area (Å²) in [5.74, 6) is 0.848. The largest absolute Gasteiger partial charge is 0.354 e. The molecule has 0 saturated carbocycles. The van der Waals surface area contributed by atoms with Crippen molar-refractivity contribution < 1.29 is 4.39 Å². The zero-order valence-electron chi connectivity index (χ0n) is 9.42. The minimum atomic E-state index is -0.318. The van der Waals surface area contributed by atoms with Crippen molar-refractivity contribution in [3.8, 4) is 0 Å². The molecule has 16 heavy (non-hydrogen) atoms. The Morgan fingerprint density at radius 1 is 1.44 bits per heavy atom. The number of pyridine rings is 1. The molecule has 0 aromatic carbocycles. The molecule has 2 heterocycles. The van der Waals surface area contributed by atoms with Crippen LogP contribution in [0.15, 0.2) is 12.3 Å². The smallest absolute Gasteiger partial charge is 0.167 e. The minimum Gasteiger partial charge on any atom is -0.354 e. The lowest BCUT2D eigenvalue weighted by Crippen LogP contribution is -2.26. The van der Waals surface area contributed by atoms with E-state index in [-0.39, 0.29) is 5.82 Å². The fraction of sp³-hybridized carbons (Fsp3) is 0.583. The van der Waals surface area contributed by atoms with E-state index >= 15 is 0 Å². The molecular formula is C12H16ClFN2. The second-order valence-corrected chi connectivity index (χ2v) is 4.92. The van der Waals surface area contributed by atoms with Crippen LogP contribution in [-0.4, -0.2) is 18.1 Å². The van der Waals surface area contributed by atoms with Crippen molar-refractivity contribution in [2.45, 2.75) is 26.2 Å². The molecule has 1 atom stereocenters. The third-order valence-electron chi connectivity index (χ3n) is 3.10. The average Bonchev–Trinajstić information content (AvgIpc) is 2.43. The number of halogens is 2. The Bertz CT molecular complexity index is 370. The highest BCUT2D eigenvalue weighted by Gasteiger charge is 2.17. The molecule has 2 nitrogen and oxygen atoms in total. The van der Waals surface area contributed by atoms with E-state index in [0.29, 0.717) is 10.8 Å². The van der Waals surface area contributed by atoms with Crippen molar-refractivity contribution in [1.29, 1.82) is 0 Å². The summed E-state index contributed by atoms with van der Waals surface area (Å²) >= 11 is 5.69. The summed E-state index contributed by atoms with van der Waals surface area (Å²) in [6.07, 6.45) is 4.93. The summed E-state index contributed by atoms with van der Waals surface area (Å²) in [5.41, 5.74) is 0. The highest BCUT2D eigenvalue weighted by molar-refractivity contribution is 6.30. The Morgan fingerprint density at radius 2 is 2.25 bits per heavy atom. The summed E-state index contributed by atoms with van der Waals surface area (Å²) < 4.78 is 13.7. The van der Waals surface area contributed by atoms with Crippen LogP contribution in [0.2, 0.25) is 5.02 Å². The summed E-state index contributed by atoms with van der Waals surface area (Å²) in [5, 5.41) is 0.351. The van der Waals surface area contributed by atoms with Crippen LogP contribution in [0.25, 0.3) is 0 Å². The number of nitrogens with zero attached hydrogens (tertiary/aromatic N) is 2. The Labute approximate surface area is 100 Å². The van der Waals surface area contributed by atoms with Gasteiger partial charge < -0.3 is 4.90 Å². The molecule has 1 aromatic rings. The molecule has 1 aliphatic heterocycles. The van der Waals surface area contributed by atoms with Crippen LogP contribution in [0.3, 0.4) is 0 Å². The van der Waals surface area contributed by atoms with Gasteiger partial charge in [0.25, 0.3) is 0 Å². The van der Waals surface area contributed by atoms with Crippen molar-refractivity contribution in [3.63, 3.8) is 0 Å². The van der Waals surface area contributed by atoms with Crippen molar-refractivity contribution in [3.05, 3.63) is 23.1 Å². The molecule has 1 fully saturated rings. The number of aromatic nitrogens is 1. The van der Waals surface area contributed by atoms with Crippen LogP contribution in [0.1, 0.15) is 26.2 Å². The maximum Gasteiger partial charge on any atom is 0.167 e. The van der Waals surface area contributed by atoms with Gasteiger partial charge in [-0.1, -0.05) is 18.5 Å². The second kappa shape index (κ2) is 5.00. The number of hydrogen-bond donors (Lipinski definition) is 0. The van der Waals surface area contributed by atoms with Crippen molar-refractivity contribution in [1.82, 2.24) is 4.98 Å². The Morgan fingerprint density at radius 3 is 3.00 bits per heavy atom. The standard InChI is InChI=1S/C12H16ClFN2/c1-9-3-2-5-16(6-4-9)12-11(14)7-10(13)8-15-12/h7-9H,2-6H2,1H3. The lowest BCUT2D eigenvalue weighted by molar-refractivity contribution is 0.520. The fourth-order valence-electron chi connectivity index (χ4n) is 2.11. The van der Waals surface area contributed by atoms with Crippen LogP contribution in [-0.2, 0) is 0 Å². The van der Waals surface area contributed by atoms with E-state index in [1.54, 1.807) is 0 Å². The summed E-state index contributed by atoms with van der Waals surface area (Å²) in [4.78, 5) is 6.11. The van der Waals surface area contributed by atoms with E-state index in [2.05, 4.69) is 11.9 Å². The zero-order valence-corrected chi connectivity index (χ0v) is 10.2. The minimum absolute atomic E-state index is 0.318. The van der Waals surface area contributed by atoms with Gasteiger partial charge >= 0.3 is 0 Å². The third kappa shape index (κ3) is 2.64. The van der Waals surface area contributed by atoms with Crippen LogP contribution in [0, 0.1) is 11.7 Å². The predicted octanol–water partition coefficient (Wildman–Crippen LogP) is 3.50. The lowest BCUT2D eigenvalue weighted by Gasteiger charge is -2.21. The van der Waals surface area contributed by atoms with Gasteiger partial charge in [0.15, 0.2) is 11.6 Å². The summed E-state index contributed by atoms with van der Waals surface area (Å²) in [6, 6.07) is 1.33. The van der Waals surface area contributed by atoms with E-state index in [1.165, 1.54) is 18.7 Å². The monoisotopic (exact) mass is 242 g/mol. The van der Waals surface area contributed by atoms with E-state index in [9.17, 15) is 4.39 Å². The molecule has 4 heteroatoms. The number of hydrogen-bond acceptors (Lipinski definition) is 2. The molecule has 2 rings (SSSR count).